The summed E-state index contributed by atoms with van der Waals surface area (Å²) >= 11 is 0. The second-order valence-electron chi connectivity index (χ2n) is 6.07. The van der Waals surface area contributed by atoms with Crippen molar-refractivity contribution in [2.45, 2.75) is 32.7 Å². The number of nitrogens with two attached hydrogens (primary N) is 1. The Bertz CT molecular complexity index is 560. The van der Waals surface area contributed by atoms with Crippen molar-refractivity contribution in [1.29, 1.82) is 5.26 Å². The fourth-order valence-electron chi connectivity index (χ4n) is 2.29. The molecule has 21 heavy (non-hydrogen) atoms. The molecule has 1 aromatic rings. The molecule has 1 atom stereocenters. The molecule has 1 heterocycles. The second-order valence-corrected chi connectivity index (χ2v) is 6.07. The number of rotatable bonds is 4. The Kier molecular flexibility index (Phi) is 4.69. The number of guanidine groups is 1. The van der Waals surface area contributed by atoms with Crippen LogP contribution in [-0.2, 0) is 0 Å². The van der Waals surface area contributed by atoms with E-state index in [0.29, 0.717) is 25.5 Å². The number of ether oxygens (including phenoxy) is 1. The molecule has 3 N–H and O–H groups in total. The molecule has 0 spiro atoms. The van der Waals surface area contributed by atoms with Crippen molar-refractivity contribution in [3.8, 4) is 11.8 Å². The lowest BCUT2D eigenvalue weighted by Crippen LogP contribution is -2.38. The molecule has 1 aliphatic rings. The van der Waals surface area contributed by atoms with E-state index in [1.54, 1.807) is 0 Å². The number of hydrogen-bond donors (Lipinski definition) is 2. The summed E-state index contributed by atoms with van der Waals surface area (Å²) in [7, 11) is 0. The normalized spacial score (nSPS) is 18.3. The zero-order valence-corrected chi connectivity index (χ0v) is 12.6. The van der Waals surface area contributed by atoms with Crippen LogP contribution in [0.15, 0.2) is 29.3 Å². The minimum absolute atomic E-state index is 0.123. The van der Waals surface area contributed by atoms with Crippen LogP contribution in [0, 0.1) is 16.7 Å². The van der Waals surface area contributed by atoms with E-state index in [-0.39, 0.29) is 11.5 Å². The predicted octanol–water partition coefficient (Wildman–Crippen LogP) is 2.35. The Morgan fingerprint density at radius 2 is 2.29 bits per heavy atom. The zero-order chi connectivity index (χ0) is 15.3. The van der Waals surface area contributed by atoms with E-state index in [9.17, 15) is 0 Å². The molecule has 2 rings (SSSR count). The van der Waals surface area contributed by atoms with Crippen molar-refractivity contribution in [2.24, 2.45) is 16.1 Å². The number of nitrogens with zero attached hydrogens (tertiary/aromatic N) is 2. The fraction of sp³-hybridized carbons (Fsp3) is 0.500. The number of hydrogen-bond acceptors (Lipinski definition) is 3. The van der Waals surface area contributed by atoms with Crippen molar-refractivity contribution < 1.29 is 4.74 Å². The third kappa shape index (κ3) is 4.12. The predicted molar refractivity (Wildman–Crippen MR) is 82.9 cm³/mol. The van der Waals surface area contributed by atoms with Gasteiger partial charge in [-0.2, -0.15) is 5.26 Å². The minimum atomic E-state index is -0.158. The van der Waals surface area contributed by atoms with Crippen LogP contribution >= 0.6 is 0 Å². The summed E-state index contributed by atoms with van der Waals surface area (Å²) in [5.41, 5.74) is 6.93. The molecule has 5 heteroatoms. The summed E-state index contributed by atoms with van der Waals surface area (Å²) < 4.78 is 5.62. The Hall–Kier alpha value is -2.22. The number of benzene rings is 1. The van der Waals surface area contributed by atoms with Gasteiger partial charge in [0.1, 0.15) is 5.75 Å². The molecule has 1 aromatic carbocycles. The van der Waals surface area contributed by atoms with Crippen LogP contribution in [0.2, 0.25) is 0 Å². The van der Waals surface area contributed by atoms with Crippen LogP contribution in [0.4, 0.5) is 0 Å². The standard InChI is InChI=1S/C16H22N4O/c1-16(2,8-9-17)11-19-15(18)20-13-7-10-21-14-6-4-3-5-12(13)14/h3-6,13H,7-8,10-11H2,1-2H3,(H3,18,19,20). The Morgan fingerprint density at radius 3 is 3.05 bits per heavy atom. The van der Waals surface area contributed by atoms with Crippen LogP contribution in [0.5, 0.6) is 5.75 Å². The summed E-state index contributed by atoms with van der Waals surface area (Å²) in [6.07, 6.45) is 1.32. The van der Waals surface area contributed by atoms with E-state index in [1.807, 2.05) is 38.1 Å². The molecule has 0 saturated heterocycles. The smallest absolute Gasteiger partial charge is 0.189 e. The summed E-state index contributed by atoms with van der Waals surface area (Å²) in [4.78, 5) is 4.37. The van der Waals surface area contributed by atoms with Gasteiger partial charge in [-0.05, 0) is 11.5 Å². The molecule has 0 amide bonds. The molecule has 1 aliphatic heterocycles. The average Bonchev–Trinajstić information content (AvgIpc) is 2.46. The molecule has 0 bridgehead atoms. The topological polar surface area (TPSA) is 83.4 Å². The van der Waals surface area contributed by atoms with Crippen LogP contribution < -0.4 is 15.8 Å². The highest BCUT2D eigenvalue weighted by Gasteiger charge is 2.22. The highest BCUT2D eigenvalue weighted by atomic mass is 16.5. The van der Waals surface area contributed by atoms with Gasteiger partial charge in [0.05, 0.1) is 18.7 Å². The molecule has 5 nitrogen and oxygen atoms in total. The molecule has 112 valence electrons. The lowest BCUT2D eigenvalue weighted by Gasteiger charge is -2.27. The first-order valence-electron chi connectivity index (χ1n) is 7.17. The molecule has 0 aliphatic carbocycles. The van der Waals surface area contributed by atoms with Crippen molar-refractivity contribution >= 4 is 5.96 Å². The van der Waals surface area contributed by atoms with E-state index >= 15 is 0 Å². The zero-order valence-electron chi connectivity index (χ0n) is 12.6. The van der Waals surface area contributed by atoms with Gasteiger partial charge in [-0.3, -0.25) is 4.99 Å². The van der Waals surface area contributed by atoms with Crippen LogP contribution in [0.25, 0.3) is 0 Å². The largest absolute Gasteiger partial charge is 0.493 e. The van der Waals surface area contributed by atoms with Gasteiger partial charge in [-0.25, -0.2) is 0 Å². The summed E-state index contributed by atoms with van der Waals surface area (Å²) in [5, 5.41) is 12.0. The van der Waals surface area contributed by atoms with Crippen LogP contribution in [-0.4, -0.2) is 19.1 Å². The fourth-order valence-corrected chi connectivity index (χ4v) is 2.29. The number of nitrogens with one attached hydrogen (secondary N) is 1. The SMILES string of the molecule is CC(C)(CC#N)CN=C(N)NC1CCOc2ccccc21. The van der Waals surface area contributed by atoms with Gasteiger partial charge in [0.2, 0.25) is 0 Å². The van der Waals surface area contributed by atoms with Gasteiger partial charge >= 0.3 is 0 Å². The van der Waals surface area contributed by atoms with E-state index in [1.165, 1.54) is 0 Å². The van der Waals surface area contributed by atoms with Gasteiger partial charge in [0.25, 0.3) is 0 Å². The molecule has 0 aromatic heterocycles. The summed E-state index contributed by atoms with van der Waals surface area (Å²) in [5.74, 6) is 1.32. The van der Waals surface area contributed by atoms with E-state index < -0.39 is 0 Å². The quantitative estimate of drug-likeness (QED) is 0.657. The Morgan fingerprint density at radius 1 is 1.52 bits per heavy atom. The number of para-hydroxylation sites is 1. The van der Waals surface area contributed by atoms with Gasteiger partial charge in [-0.15, -0.1) is 0 Å². The Balaban J connectivity index is 2.01. The first kappa shape index (κ1) is 15.2. The van der Waals surface area contributed by atoms with E-state index in [2.05, 4.69) is 16.4 Å². The first-order chi connectivity index (χ1) is 10.0. The maximum Gasteiger partial charge on any atom is 0.189 e. The van der Waals surface area contributed by atoms with E-state index in [4.69, 9.17) is 15.7 Å². The number of fused-ring (bicyclic) bond motifs is 1. The number of aliphatic imine (C=N–C) groups is 1. The van der Waals surface area contributed by atoms with Crippen molar-refractivity contribution in [3.05, 3.63) is 29.8 Å². The highest BCUT2D eigenvalue weighted by Crippen LogP contribution is 2.31. The van der Waals surface area contributed by atoms with Gasteiger partial charge in [-0.1, -0.05) is 32.0 Å². The Labute approximate surface area is 125 Å². The molecule has 0 fully saturated rings. The second kappa shape index (κ2) is 6.49. The van der Waals surface area contributed by atoms with E-state index in [0.717, 1.165) is 17.7 Å². The maximum atomic E-state index is 8.78. The van der Waals surface area contributed by atoms with Gasteiger partial charge in [0, 0.05) is 24.9 Å². The highest BCUT2D eigenvalue weighted by molar-refractivity contribution is 5.78. The molecule has 0 radical (unpaired) electrons. The molecular weight excluding hydrogens is 264 g/mol. The van der Waals surface area contributed by atoms with Crippen LogP contribution in [0.3, 0.4) is 0 Å². The molecule has 0 saturated carbocycles. The lowest BCUT2D eigenvalue weighted by molar-refractivity contribution is 0.262. The molecular formula is C16H22N4O. The van der Waals surface area contributed by atoms with Gasteiger partial charge < -0.3 is 15.8 Å². The molecule has 1 unspecified atom stereocenters. The maximum absolute atomic E-state index is 8.78. The average molecular weight is 286 g/mol. The third-order valence-electron chi connectivity index (χ3n) is 3.52. The minimum Gasteiger partial charge on any atom is -0.493 e. The lowest BCUT2D eigenvalue weighted by atomic mass is 9.90. The third-order valence-corrected chi connectivity index (χ3v) is 3.52. The monoisotopic (exact) mass is 286 g/mol. The van der Waals surface area contributed by atoms with Gasteiger partial charge in [0.15, 0.2) is 5.96 Å². The number of nitriles is 1. The van der Waals surface area contributed by atoms with Crippen molar-refractivity contribution in [1.82, 2.24) is 5.32 Å². The van der Waals surface area contributed by atoms with Crippen molar-refractivity contribution in [3.63, 3.8) is 0 Å². The van der Waals surface area contributed by atoms with Crippen LogP contribution in [0.1, 0.15) is 38.3 Å². The summed E-state index contributed by atoms with van der Waals surface area (Å²) in [6, 6.07) is 10.3. The first-order valence-corrected chi connectivity index (χ1v) is 7.17. The summed E-state index contributed by atoms with van der Waals surface area (Å²) in [6.45, 7) is 5.22. The van der Waals surface area contributed by atoms with Crippen molar-refractivity contribution in [2.75, 3.05) is 13.2 Å².